The van der Waals surface area contributed by atoms with Crippen LogP contribution in [-0.4, -0.2) is 55.0 Å². The summed E-state index contributed by atoms with van der Waals surface area (Å²) in [6.45, 7) is 1.39. The van der Waals surface area contributed by atoms with Gasteiger partial charge in [0.15, 0.2) is 0 Å². The number of carbonyl (C=O) groups is 1. The van der Waals surface area contributed by atoms with Crippen LogP contribution in [0.25, 0.3) is 11.0 Å². The van der Waals surface area contributed by atoms with Gasteiger partial charge in [0.1, 0.15) is 11.3 Å². The number of aromatic amines is 1. The van der Waals surface area contributed by atoms with Gasteiger partial charge in [0.05, 0.1) is 29.6 Å². The van der Waals surface area contributed by atoms with Gasteiger partial charge in [-0.15, -0.1) is 0 Å². The number of fused-ring (bicyclic) bond motifs is 1. The molecule has 1 aliphatic rings. The Bertz CT molecular complexity index is 1320. The van der Waals surface area contributed by atoms with Crippen molar-refractivity contribution in [1.82, 2.24) is 13.9 Å². The highest BCUT2D eigenvalue weighted by Gasteiger charge is 2.27. The molecule has 182 valence electrons. The van der Waals surface area contributed by atoms with E-state index in [-0.39, 0.29) is 28.5 Å². The highest BCUT2D eigenvalue weighted by molar-refractivity contribution is 7.89. The van der Waals surface area contributed by atoms with Crippen LogP contribution in [0.1, 0.15) is 42.5 Å². The summed E-state index contributed by atoms with van der Waals surface area (Å²) in [7, 11) is -2.30. The van der Waals surface area contributed by atoms with Crippen LogP contribution in [0, 0.1) is 0 Å². The summed E-state index contributed by atoms with van der Waals surface area (Å²) < 4.78 is 40.0. The van der Waals surface area contributed by atoms with Crippen molar-refractivity contribution in [3.05, 3.63) is 58.5 Å². The van der Waals surface area contributed by atoms with Gasteiger partial charge in [-0.2, -0.15) is 4.31 Å². The van der Waals surface area contributed by atoms with E-state index in [1.54, 1.807) is 4.57 Å². The van der Waals surface area contributed by atoms with Gasteiger partial charge in [0.25, 0.3) is 0 Å². The number of carbonyl (C=O) groups excluding carboxylic acids is 1. The third-order valence-electron chi connectivity index (χ3n) is 6.03. The first-order valence-corrected chi connectivity index (χ1v) is 12.9. The Kier molecular flexibility index (Phi) is 7.38. The average Bonchev–Trinajstić information content (AvgIpc) is 3.00. The molecule has 0 saturated carbocycles. The van der Waals surface area contributed by atoms with Crippen molar-refractivity contribution in [2.45, 2.75) is 43.5 Å². The van der Waals surface area contributed by atoms with E-state index < -0.39 is 16.0 Å². The zero-order chi connectivity index (χ0) is 24.1. The number of aryl methyl sites for hydroxylation is 1. The number of hydrogen-bond donors (Lipinski definition) is 1. The highest BCUT2D eigenvalue weighted by atomic mass is 32.2. The number of nitrogens with one attached hydrogen (secondary N) is 1. The fourth-order valence-corrected chi connectivity index (χ4v) is 5.78. The lowest BCUT2D eigenvalue weighted by atomic mass is 10.2. The predicted molar refractivity (Wildman–Crippen MR) is 128 cm³/mol. The van der Waals surface area contributed by atoms with Crippen molar-refractivity contribution in [1.29, 1.82) is 0 Å². The van der Waals surface area contributed by atoms with Gasteiger partial charge in [-0.25, -0.2) is 18.0 Å². The Morgan fingerprint density at radius 3 is 2.53 bits per heavy atom. The molecule has 4 rings (SSSR count). The van der Waals surface area contributed by atoms with Crippen LogP contribution in [0.2, 0.25) is 0 Å². The van der Waals surface area contributed by atoms with Crippen LogP contribution < -0.4 is 10.4 Å². The van der Waals surface area contributed by atoms with Crippen molar-refractivity contribution in [3.8, 4) is 5.75 Å². The van der Waals surface area contributed by atoms with Gasteiger partial charge in [0.2, 0.25) is 10.0 Å². The number of esters is 1. The first-order chi connectivity index (χ1) is 16.4. The maximum Gasteiger partial charge on any atom is 0.341 e. The summed E-state index contributed by atoms with van der Waals surface area (Å²) in [5, 5.41) is 0. The zero-order valence-electron chi connectivity index (χ0n) is 19.2. The average molecular weight is 488 g/mol. The van der Waals surface area contributed by atoms with E-state index in [0.29, 0.717) is 26.1 Å². The van der Waals surface area contributed by atoms with Crippen molar-refractivity contribution < 1.29 is 22.7 Å². The molecule has 2 aromatic carbocycles. The molecule has 0 bridgehead atoms. The normalized spacial score (nSPS) is 15.2. The number of aromatic nitrogens is 2. The molecule has 0 atom stereocenters. The monoisotopic (exact) mass is 487 g/mol. The standard InChI is InChI=1S/C24H29N3O6S/c1-32-22-12-11-18(34(30,31)26-13-6-2-3-7-14-26)17-19(22)23(28)33-16-8-15-27-21-10-5-4-9-20(21)25-24(27)29/h4-5,9-12,17H,2-3,6-8,13-16H2,1H3,(H,25,29). The van der Waals surface area contributed by atoms with Gasteiger partial charge < -0.3 is 14.5 Å². The summed E-state index contributed by atoms with van der Waals surface area (Å²) in [5.41, 5.74) is 1.37. The van der Waals surface area contributed by atoms with E-state index in [4.69, 9.17) is 9.47 Å². The van der Waals surface area contributed by atoms with E-state index in [1.807, 2.05) is 24.3 Å². The molecule has 1 N–H and O–H groups in total. The SMILES string of the molecule is COc1ccc(S(=O)(=O)N2CCCCCC2)cc1C(=O)OCCCn1c(=O)[nH]c2ccccc21. The molecule has 3 aromatic rings. The molecule has 1 aromatic heterocycles. The number of ether oxygens (including phenoxy) is 2. The Labute approximate surface area is 198 Å². The van der Waals surface area contributed by atoms with Crippen molar-refractivity contribution in [2.75, 3.05) is 26.8 Å². The summed E-state index contributed by atoms with van der Waals surface area (Å²) in [6, 6.07) is 11.6. The fourth-order valence-electron chi connectivity index (χ4n) is 4.23. The van der Waals surface area contributed by atoms with E-state index in [0.717, 1.165) is 36.7 Å². The number of imidazole rings is 1. The van der Waals surface area contributed by atoms with Crippen LogP contribution in [0.15, 0.2) is 52.2 Å². The first-order valence-electron chi connectivity index (χ1n) is 11.4. The van der Waals surface area contributed by atoms with Crippen molar-refractivity contribution in [3.63, 3.8) is 0 Å². The maximum absolute atomic E-state index is 13.1. The number of H-pyrrole nitrogens is 1. The number of nitrogens with zero attached hydrogens (tertiary/aromatic N) is 2. The Morgan fingerprint density at radius 1 is 1.06 bits per heavy atom. The molecule has 1 saturated heterocycles. The summed E-state index contributed by atoms with van der Waals surface area (Å²) >= 11 is 0. The number of methoxy groups -OCH3 is 1. The lowest BCUT2D eigenvalue weighted by Crippen LogP contribution is -2.32. The third kappa shape index (κ3) is 5.02. The molecule has 0 amide bonds. The van der Waals surface area contributed by atoms with Crippen LogP contribution >= 0.6 is 0 Å². The Morgan fingerprint density at radius 2 is 1.79 bits per heavy atom. The number of hydrogen-bond acceptors (Lipinski definition) is 6. The summed E-state index contributed by atoms with van der Waals surface area (Å²) in [6.07, 6.45) is 4.09. The second kappa shape index (κ2) is 10.4. The van der Waals surface area contributed by atoms with Gasteiger partial charge in [-0.05, 0) is 49.6 Å². The van der Waals surface area contributed by atoms with Crippen LogP contribution in [0.3, 0.4) is 0 Å². The molecule has 10 heteroatoms. The first kappa shape index (κ1) is 24.0. The highest BCUT2D eigenvalue weighted by Crippen LogP contribution is 2.27. The topological polar surface area (TPSA) is 111 Å². The second-order valence-corrected chi connectivity index (χ2v) is 10.2. The second-order valence-electron chi connectivity index (χ2n) is 8.27. The molecule has 0 spiro atoms. The molecule has 2 heterocycles. The Hall–Kier alpha value is -3.11. The minimum Gasteiger partial charge on any atom is -0.496 e. The van der Waals surface area contributed by atoms with E-state index >= 15 is 0 Å². The molecule has 0 aliphatic carbocycles. The van der Waals surface area contributed by atoms with Crippen LogP contribution in [0.4, 0.5) is 0 Å². The molecule has 9 nitrogen and oxygen atoms in total. The van der Waals surface area contributed by atoms with Gasteiger partial charge >= 0.3 is 11.7 Å². The lowest BCUT2D eigenvalue weighted by Gasteiger charge is -2.20. The lowest BCUT2D eigenvalue weighted by molar-refractivity contribution is 0.0492. The molecular formula is C24H29N3O6S. The number of para-hydroxylation sites is 2. The number of sulfonamides is 1. The summed E-state index contributed by atoms with van der Waals surface area (Å²) in [5.74, 6) is -0.427. The number of rotatable bonds is 8. The maximum atomic E-state index is 13.1. The quantitative estimate of drug-likeness (QED) is 0.386. The molecule has 1 aliphatic heterocycles. The molecular weight excluding hydrogens is 458 g/mol. The minimum absolute atomic E-state index is 0.0486. The van der Waals surface area contributed by atoms with Crippen molar-refractivity contribution in [2.24, 2.45) is 0 Å². The van der Waals surface area contributed by atoms with Crippen molar-refractivity contribution >= 4 is 27.0 Å². The van der Waals surface area contributed by atoms with E-state index in [1.165, 1.54) is 29.6 Å². The third-order valence-corrected chi connectivity index (χ3v) is 7.93. The van der Waals surface area contributed by atoms with Crippen LogP contribution in [-0.2, 0) is 21.3 Å². The largest absolute Gasteiger partial charge is 0.496 e. The van der Waals surface area contributed by atoms with Crippen LogP contribution in [0.5, 0.6) is 5.75 Å². The smallest absolute Gasteiger partial charge is 0.341 e. The number of benzene rings is 2. The summed E-state index contributed by atoms with van der Waals surface area (Å²) in [4.78, 5) is 27.8. The Balaban J connectivity index is 1.44. The van der Waals surface area contributed by atoms with Gasteiger partial charge in [-0.1, -0.05) is 25.0 Å². The molecule has 34 heavy (non-hydrogen) atoms. The molecule has 0 radical (unpaired) electrons. The zero-order valence-corrected chi connectivity index (χ0v) is 20.0. The van der Waals surface area contributed by atoms with Gasteiger partial charge in [-0.3, -0.25) is 4.57 Å². The van der Waals surface area contributed by atoms with Gasteiger partial charge in [0, 0.05) is 19.6 Å². The molecule has 0 unspecified atom stereocenters. The fraction of sp³-hybridized carbons (Fsp3) is 0.417. The molecule has 1 fully saturated rings. The predicted octanol–water partition coefficient (Wildman–Crippen LogP) is 3.15. The minimum atomic E-state index is -3.72. The van der Waals surface area contributed by atoms with E-state index in [2.05, 4.69) is 4.98 Å². The van der Waals surface area contributed by atoms with E-state index in [9.17, 15) is 18.0 Å².